The van der Waals surface area contributed by atoms with Crippen LogP contribution in [0.1, 0.15) is 33.0 Å². The summed E-state index contributed by atoms with van der Waals surface area (Å²) in [5, 5.41) is 0.670. The minimum absolute atomic E-state index is 0.0447. The molecule has 0 saturated carbocycles. The van der Waals surface area contributed by atoms with Gasteiger partial charge in [-0.05, 0) is 32.4 Å². The molecule has 1 amide bonds. The van der Waals surface area contributed by atoms with Crippen LogP contribution in [-0.2, 0) is 6.54 Å². The molecule has 0 spiro atoms. The van der Waals surface area contributed by atoms with E-state index in [1.807, 2.05) is 45.0 Å². The number of halogens is 1. The largest absolute Gasteiger partial charge is 0.466 e. The van der Waals surface area contributed by atoms with E-state index in [0.717, 1.165) is 16.9 Å². The van der Waals surface area contributed by atoms with Crippen molar-refractivity contribution in [3.8, 4) is 0 Å². The van der Waals surface area contributed by atoms with Crippen molar-refractivity contribution < 1.29 is 9.21 Å². The quantitative estimate of drug-likeness (QED) is 0.852. The lowest BCUT2D eigenvalue weighted by atomic mass is 10.1. The number of hydrogen-bond acceptors (Lipinski definition) is 2. The Morgan fingerprint density at radius 3 is 2.40 bits per heavy atom. The van der Waals surface area contributed by atoms with E-state index < -0.39 is 0 Å². The number of furan rings is 1. The molecule has 0 N–H and O–H groups in total. The molecular weight excluding hydrogens is 274 g/mol. The maximum Gasteiger partial charge on any atom is 0.257 e. The zero-order valence-electron chi connectivity index (χ0n) is 12.2. The fraction of sp³-hybridized carbons (Fsp3) is 0.312. The van der Waals surface area contributed by atoms with Gasteiger partial charge in [0.05, 0.1) is 5.56 Å². The van der Waals surface area contributed by atoms with Crippen LogP contribution in [0, 0.1) is 20.8 Å². The van der Waals surface area contributed by atoms with Crippen molar-refractivity contribution in [1.29, 1.82) is 0 Å². The van der Waals surface area contributed by atoms with Gasteiger partial charge in [-0.15, -0.1) is 0 Å². The van der Waals surface area contributed by atoms with Crippen LogP contribution in [0.5, 0.6) is 0 Å². The fourth-order valence-electron chi connectivity index (χ4n) is 2.25. The van der Waals surface area contributed by atoms with E-state index in [-0.39, 0.29) is 5.91 Å². The summed E-state index contributed by atoms with van der Waals surface area (Å²) in [6, 6.07) is 7.54. The van der Waals surface area contributed by atoms with Crippen LogP contribution >= 0.6 is 11.6 Å². The average molecular weight is 292 g/mol. The number of carbonyl (C=O) groups is 1. The van der Waals surface area contributed by atoms with Gasteiger partial charge in [0.15, 0.2) is 0 Å². The van der Waals surface area contributed by atoms with Crippen LogP contribution in [0.3, 0.4) is 0 Å². The number of carbonyl (C=O) groups excluding carboxylic acids is 1. The third-order valence-corrected chi connectivity index (χ3v) is 3.86. The second-order valence-corrected chi connectivity index (χ2v) is 5.37. The zero-order chi connectivity index (χ0) is 14.9. The van der Waals surface area contributed by atoms with Crippen molar-refractivity contribution in [2.75, 3.05) is 7.05 Å². The second kappa shape index (κ2) is 5.71. The summed E-state index contributed by atoms with van der Waals surface area (Å²) >= 11 is 6.13. The van der Waals surface area contributed by atoms with Crippen molar-refractivity contribution in [3.63, 3.8) is 0 Å². The molecule has 0 aliphatic rings. The lowest BCUT2D eigenvalue weighted by Gasteiger charge is -2.18. The molecule has 0 bridgehead atoms. The van der Waals surface area contributed by atoms with Gasteiger partial charge in [0.25, 0.3) is 5.91 Å². The van der Waals surface area contributed by atoms with E-state index in [4.69, 9.17) is 16.0 Å². The molecule has 3 nitrogen and oxygen atoms in total. The minimum atomic E-state index is -0.0447. The van der Waals surface area contributed by atoms with Gasteiger partial charge >= 0.3 is 0 Å². The first-order valence-corrected chi connectivity index (χ1v) is 6.85. The van der Waals surface area contributed by atoms with Gasteiger partial charge in [-0.2, -0.15) is 0 Å². The van der Waals surface area contributed by atoms with Crippen molar-refractivity contribution in [2.45, 2.75) is 27.3 Å². The van der Waals surface area contributed by atoms with Crippen LogP contribution in [0.15, 0.2) is 28.7 Å². The first kappa shape index (κ1) is 14.7. The molecule has 0 unspecified atom stereocenters. The lowest BCUT2D eigenvalue weighted by molar-refractivity contribution is 0.0783. The molecule has 0 aliphatic heterocycles. The fourth-order valence-corrected chi connectivity index (χ4v) is 2.45. The van der Waals surface area contributed by atoms with Crippen molar-refractivity contribution in [1.82, 2.24) is 4.90 Å². The summed E-state index contributed by atoms with van der Waals surface area (Å²) in [6.45, 7) is 6.06. The number of rotatable bonds is 3. The summed E-state index contributed by atoms with van der Waals surface area (Å²) < 4.78 is 5.52. The lowest BCUT2D eigenvalue weighted by Crippen LogP contribution is -2.27. The van der Waals surface area contributed by atoms with Crippen molar-refractivity contribution >= 4 is 17.5 Å². The van der Waals surface area contributed by atoms with E-state index in [1.54, 1.807) is 11.9 Å². The second-order valence-electron chi connectivity index (χ2n) is 4.97. The summed E-state index contributed by atoms with van der Waals surface area (Å²) in [4.78, 5) is 14.2. The maximum atomic E-state index is 12.5. The van der Waals surface area contributed by atoms with E-state index in [0.29, 0.717) is 22.9 Å². The molecule has 4 heteroatoms. The Hall–Kier alpha value is -1.74. The van der Waals surface area contributed by atoms with Gasteiger partial charge in [-0.25, -0.2) is 0 Å². The monoisotopic (exact) mass is 291 g/mol. The smallest absolute Gasteiger partial charge is 0.257 e. The minimum Gasteiger partial charge on any atom is -0.466 e. The molecule has 106 valence electrons. The van der Waals surface area contributed by atoms with Gasteiger partial charge in [0.2, 0.25) is 0 Å². The molecule has 1 aromatic carbocycles. The van der Waals surface area contributed by atoms with Crippen LogP contribution in [0.4, 0.5) is 0 Å². The van der Waals surface area contributed by atoms with Gasteiger partial charge in [-0.3, -0.25) is 4.79 Å². The third kappa shape index (κ3) is 2.73. The Morgan fingerprint density at radius 1 is 1.20 bits per heavy atom. The van der Waals surface area contributed by atoms with E-state index >= 15 is 0 Å². The average Bonchev–Trinajstić information content (AvgIpc) is 2.65. The molecule has 0 fully saturated rings. The first-order chi connectivity index (χ1) is 9.41. The molecule has 2 aromatic rings. The highest BCUT2D eigenvalue weighted by molar-refractivity contribution is 6.31. The number of hydrogen-bond donors (Lipinski definition) is 0. The van der Waals surface area contributed by atoms with Crippen molar-refractivity contribution in [2.24, 2.45) is 0 Å². The van der Waals surface area contributed by atoms with Gasteiger partial charge in [-0.1, -0.05) is 29.8 Å². The molecule has 0 saturated heterocycles. The summed E-state index contributed by atoms with van der Waals surface area (Å²) in [7, 11) is 1.77. The van der Waals surface area contributed by atoms with E-state index in [2.05, 4.69) is 0 Å². The molecule has 1 heterocycles. The zero-order valence-corrected chi connectivity index (χ0v) is 12.9. The Labute approximate surface area is 124 Å². The molecule has 0 aliphatic carbocycles. The van der Waals surface area contributed by atoms with E-state index in [1.165, 1.54) is 0 Å². The Kier molecular flexibility index (Phi) is 4.19. The van der Waals surface area contributed by atoms with Gasteiger partial charge in [0.1, 0.15) is 11.5 Å². The SMILES string of the molecule is Cc1oc(C)c(C(=O)N(C)Cc2ccccc2Cl)c1C. The Morgan fingerprint density at radius 2 is 1.85 bits per heavy atom. The first-order valence-electron chi connectivity index (χ1n) is 6.47. The number of amides is 1. The van der Waals surface area contributed by atoms with Crippen molar-refractivity contribution in [3.05, 3.63) is 57.5 Å². The topological polar surface area (TPSA) is 33.5 Å². The highest BCUT2D eigenvalue weighted by Crippen LogP contribution is 2.23. The molecule has 2 rings (SSSR count). The highest BCUT2D eigenvalue weighted by Gasteiger charge is 2.22. The Bertz CT molecular complexity index is 646. The molecule has 1 aromatic heterocycles. The maximum absolute atomic E-state index is 12.5. The number of aryl methyl sites for hydroxylation is 2. The predicted molar refractivity (Wildman–Crippen MR) is 80.2 cm³/mol. The Balaban J connectivity index is 2.23. The highest BCUT2D eigenvalue weighted by atomic mass is 35.5. The summed E-state index contributed by atoms with van der Waals surface area (Å²) in [5.74, 6) is 1.41. The van der Waals surface area contributed by atoms with Crippen LogP contribution < -0.4 is 0 Å². The predicted octanol–water partition coefficient (Wildman–Crippen LogP) is 4.13. The standard InChI is InChI=1S/C16H18ClNO2/c1-10-11(2)20-12(3)15(10)16(19)18(4)9-13-7-5-6-8-14(13)17/h5-8H,9H2,1-4H3. The van der Waals surface area contributed by atoms with Crippen LogP contribution in [0.25, 0.3) is 0 Å². The molecule has 0 radical (unpaired) electrons. The molecule has 0 atom stereocenters. The third-order valence-electron chi connectivity index (χ3n) is 3.49. The molecule has 20 heavy (non-hydrogen) atoms. The van der Waals surface area contributed by atoms with E-state index in [9.17, 15) is 4.79 Å². The van der Waals surface area contributed by atoms with Crippen LogP contribution in [0.2, 0.25) is 5.02 Å². The normalized spacial score (nSPS) is 10.7. The van der Waals surface area contributed by atoms with Gasteiger partial charge in [0, 0.05) is 24.2 Å². The molecular formula is C16H18ClNO2. The summed E-state index contributed by atoms with van der Waals surface area (Å²) in [6.07, 6.45) is 0. The van der Waals surface area contributed by atoms with Gasteiger partial charge < -0.3 is 9.32 Å². The number of benzene rings is 1. The van der Waals surface area contributed by atoms with Crippen LogP contribution in [-0.4, -0.2) is 17.9 Å². The number of nitrogens with zero attached hydrogens (tertiary/aromatic N) is 1. The summed E-state index contributed by atoms with van der Waals surface area (Å²) in [5.41, 5.74) is 2.48.